The van der Waals surface area contributed by atoms with Crippen LogP contribution in [-0.2, 0) is 22.6 Å². The third kappa shape index (κ3) is 6.37. The number of rotatable bonds is 10. The lowest BCUT2D eigenvalue weighted by Gasteiger charge is -2.29. The summed E-state index contributed by atoms with van der Waals surface area (Å²) in [4.78, 5) is 27.5. The molecule has 1 aliphatic heterocycles. The number of ether oxygens (including phenoxy) is 2. The molecule has 0 spiro atoms. The average Bonchev–Trinajstić information content (AvgIpc) is 3.24. The van der Waals surface area contributed by atoms with Crippen LogP contribution in [0.3, 0.4) is 0 Å². The van der Waals surface area contributed by atoms with Crippen molar-refractivity contribution >= 4 is 23.4 Å². The van der Waals surface area contributed by atoms with E-state index in [4.69, 9.17) is 21.1 Å². The molecule has 0 saturated heterocycles. The van der Waals surface area contributed by atoms with Gasteiger partial charge in [-0.3, -0.25) is 9.59 Å². The van der Waals surface area contributed by atoms with Gasteiger partial charge in [-0.05, 0) is 55.2 Å². The van der Waals surface area contributed by atoms with Gasteiger partial charge in [0.05, 0.1) is 0 Å². The van der Waals surface area contributed by atoms with Gasteiger partial charge in [0, 0.05) is 24.5 Å². The first-order valence-corrected chi connectivity index (χ1v) is 11.1. The van der Waals surface area contributed by atoms with Gasteiger partial charge in [-0.2, -0.15) is 0 Å². The molecule has 0 radical (unpaired) electrons. The zero-order valence-electron chi connectivity index (χ0n) is 18.0. The zero-order valence-corrected chi connectivity index (χ0v) is 18.8. The summed E-state index contributed by atoms with van der Waals surface area (Å²) >= 11 is 5.99. The Morgan fingerprint density at radius 3 is 2.55 bits per heavy atom. The number of carbonyl (C=O) groups is 2. The van der Waals surface area contributed by atoms with Gasteiger partial charge in [0.15, 0.2) is 11.5 Å². The number of amides is 2. The van der Waals surface area contributed by atoms with Gasteiger partial charge in [-0.1, -0.05) is 43.1 Å². The number of unbranched alkanes of at least 4 members (excludes halogenated alkanes) is 1. The summed E-state index contributed by atoms with van der Waals surface area (Å²) in [6, 6.07) is 12.5. The van der Waals surface area contributed by atoms with Crippen LogP contribution in [0, 0.1) is 0 Å². The van der Waals surface area contributed by atoms with Crippen LogP contribution in [0.4, 0.5) is 0 Å². The van der Waals surface area contributed by atoms with E-state index in [0.717, 1.165) is 29.7 Å². The Labute approximate surface area is 188 Å². The lowest BCUT2D eigenvalue weighted by molar-refractivity contribution is -0.140. The summed E-state index contributed by atoms with van der Waals surface area (Å²) in [5.41, 5.74) is 1.91. The number of nitrogens with one attached hydrogen (secondary N) is 1. The molecule has 0 unspecified atom stereocenters. The molecule has 0 saturated carbocycles. The van der Waals surface area contributed by atoms with E-state index in [2.05, 4.69) is 12.2 Å². The molecular weight excluding hydrogens is 416 g/mol. The number of benzene rings is 2. The van der Waals surface area contributed by atoms with Crippen molar-refractivity contribution < 1.29 is 19.1 Å². The van der Waals surface area contributed by atoms with Gasteiger partial charge in [0.1, 0.15) is 6.04 Å². The Morgan fingerprint density at radius 2 is 1.81 bits per heavy atom. The van der Waals surface area contributed by atoms with Crippen LogP contribution in [0.15, 0.2) is 42.5 Å². The predicted octanol–water partition coefficient (Wildman–Crippen LogP) is 4.33. The largest absolute Gasteiger partial charge is 0.454 e. The molecule has 2 aromatic rings. The molecule has 2 amide bonds. The van der Waals surface area contributed by atoms with E-state index in [1.54, 1.807) is 24.0 Å². The van der Waals surface area contributed by atoms with E-state index in [1.165, 1.54) is 0 Å². The van der Waals surface area contributed by atoms with Crippen molar-refractivity contribution in [2.45, 2.75) is 52.1 Å². The van der Waals surface area contributed by atoms with Crippen LogP contribution in [0.25, 0.3) is 0 Å². The molecule has 166 valence electrons. The minimum Gasteiger partial charge on any atom is -0.454 e. The van der Waals surface area contributed by atoms with E-state index in [-0.39, 0.29) is 18.6 Å². The monoisotopic (exact) mass is 444 g/mol. The molecule has 1 aliphatic rings. The third-order valence-corrected chi connectivity index (χ3v) is 5.58. The quantitative estimate of drug-likeness (QED) is 0.553. The van der Waals surface area contributed by atoms with Crippen molar-refractivity contribution in [1.29, 1.82) is 0 Å². The van der Waals surface area contributed by atoms with Crippen LogP contribution >= 0.6 is 11.6 Å². The maximum Gasteiger partial charge on any atom is 0.242 e. The molecule has 6 nitrogen and oxygen atoms in total. The molecule has 1 N–H and O–H groups in total. The number of nitrogens with zero attached hydrogens (tertiary/aromatic N) is 1. The standard InChI is InChI=1S/C24H29ClN2O4/c1-3-4-13-26-24(29)17(2)27(15-19-5-9-20(25)10-6-19)23(28)12-8-18-7-11-21-22(14-18)31-16-30-21/h5-7,9-11,14,17H,3-4,8,12-13,15-16H2,1-2H3,(H,26,29)/t17-/m1/s1. The number of carbonyl (C=O) groups excluding carboxylic acids is 2. The second-order valence-corrected chi connectivity index (χ2v) is 8.09. The Morgan fingerprint density at radius 1 is 1.10 bits per heavy atom. The van der Waals surface area contributed by atoms with Gasteiger partial charge in [-0.15, -0.1) is 0 Å². The first kappa shape index (κ1) is 22.9. The van der Waals surface area contributed by atoms with Crippen molar-refractivity contribution in [2.75, 3.05) is 13.3 Å². The van der Waals surface area contributed by atoms with Crippen molar-refractivity contribution in [1.82, 2.24) is 10.2 Å². The molecule has 7 heteroatoms. The van der Waals surface area contributed by atoms with E-state index in [9.17, 15) is 9.59 Å². The van der Waals surface area contributed by atoms with E-state index in [1.807, 2.05) is 30.3 Å². The van der Waals surface area contributed by atoms with Crippen molar-refractivity contribution in [3.05, 3.63) is 58.6 Å². The summed E-state index contributed by atoms with van der Waals surface area (Å²) in [7, 11) is 0. The molecule has 1 heterocycles. The van der Waals surface area contributed by atoms with Crippen molar-refractivity contribution in [3.63, 3.8) is 0 Å². The minimum absolute atomic E-state index is 0.0780. The Bertz CT molecular complexity index is 901. The molecule has 0 aromatic heterocycles. The van der Waals surface area contributed by atoms with Crippen molar-refractivity contribution in [3.8, 4) is 11.5 Å². The van der Waals surface area contributed by atoms with Gasteiger partial charge in [-0.25, -0.2) is 0 Å². The lowest BCUT2D eigenvalue weighted by Crippen LogP contribution is -2.47. The predicted molar refractivity (Wildman–Crippen MR) is 120 cm³/mol. The van der Waals surface area contributed by atoms with Crippen LogP contribution in [-0.4, -0.2) is 36.1 Å². The average molecular weight is 445 g/mol. The van der Waals surface area contributed by atoms with Crippen LogP contribution < -0.4 is 14.8 Å². The topological polar surface area (TPSA) is 67.9 Å². The SMILES string of the molecule is CCCCNC(=O)[C@@H](C)N(Cc1ccc(Cl)cc1)C(=O)CCc1ccc2c(c1)OCO2. The summed E-state index contributed by atoms with van der Waals surface area (Å²) in [6.07, 6.45) is 2.75. The van der Waals surface area contributed by atoms with Crippen molar-refractivity contribution in [2.24, 2.45) is 0 Å². The minimum atomic E-state index is -0.572. The number of hydrogen-bond donors (Lipinski definition) is 1. The van der Waals surface area contributed by atoms with Crippen LogP contribution in [0.1, 0.15) is 44.2 Å². The zero-order chi connectivity index (χ0) is 22.2. The second kappa shape index (κ2) is 11.0. The lowest BCUT2D eigenvalue weighted by atomic mass is 10.1. The molecule has 1 atom stereocenters. The Balaban J connectivity index is 1.68. The fraction of sp³-hybridized carbons (Fsp3) is 0.417. The van der Waals surface area contributed by atoms with E-state index in [0.29, 0.717) is 36.7 Å². The number of aryl methyl sites for hydroxylation is 1. The normalized spacial score (nSPS) is 13.0. The molecule has 0 fully saturated rings. The molecular formula is C24H29ClN2O4. The molecule has 3 rings (SSSR count). The highest BCUT2D eigenvalue weighted by molar-refractivity contribution is 6.30. The fourth-order valence-corrected chi connectivity index (χ4v) is 3.52. The number of hydrogen-bond acceptors (Lipinski definition) is 4. The first-order chi connectivity index (χ1) is 15.0. The van der Waals surface area contributed by atoms with Gasteiger partial charge >= 0.3 is 0 Å². The fourth-order valence-electron chi connectivity index (χ4n) is 3.40. The molecule has 31 heavy (non-hydrogen) atoms. The molecule has 0 aliphatic carbocycles. The summed E-state index contributed by atoms with van der Waals surface area (Å²) < 4.78 is 10.8. The van der Waals surface area contributed by atoms with E-state index >= 15 is 0 Å². The summed E-state index contributed by atoms with van der Waals surface area (Å²) in [5.74, 6) is 1.20. The van der Waals surface area contributed by atoms with E-state index < -0.39 is 6.04 Å². The highest BCUT2D eigenvalue weighted by Crippen LogP contribution is 2.32. The van der Waals surface area contributed by atoms with Gasteiger partial charge in [0.2, 0.25) is 18.6 Å². The smallest absolute Gasteiger partial charge is 0.242 e. The molecule has 2 aromatic carbocycles. The van der Waals surface area contributed by atoms with Gasteiger partial charge < -0.3 is 19.7 Å². The Hall–Kier alpha value is -2.73. The number of halogens is 1. The maximum atomic E-state index is 13.2. The third-order valence-electron chi connectivity index (χ3n) is 5.33. The van der Waals surface area contributed by atoms with Crippen LogP contribution in [0.5, 0.6) is 11.5 Å². The Kier molecular flexibility index (Phi) is 8.18. The summed E-state index contributed by atoms with van der Waals surface area (Å²) in [5, 5.41) is 3.57. The van der Waals surface area contributed by atoms with Crippen LogP contribution in [0.2, 0.25) is 5.02 Å². The molecule has 0 bridgehead atoms. The van der Waals surface area contributed by atoms with Gasteiger partial charge in [0.25, 0.3) is 0 Å². The maximum absolute atomic E-state index is 13.2. The number of fused-ring (bicyclic) bond motifs is 1. The summed E-state index contributed by atoms with van der Waals surface area (Å²) in [6.45, 7) is 5.02. The first-order valence-electron chi connectivity index (χ1n) is 10.7. The highest BCUT2D eigenvalue weighted by atomic mass is 35.5. The highest BCUT2D eigenvalue weighted by Gasteiger charge is 2.26. The second-order valence-electron chi connectivity index (χ2n) is 7.66.